The lowest BCUT2D eigenvalue weighted by Crippen LogP contribution is -2.31. The van der Waals surface area contributed by atoms with Gasteiger partial charge in [-0.05, 0) is 55.9 Å². The number of aromatic amines is 1. The Labute approximate surface area is 180 Å². The molecule has 2 N–H and O–H groups in total. The van der Waals surface area contributed by atoms with Crippen molar-refractivity contribution in [1.82, 2.24) is 19.4 Å². The summed E-state index contributed by atoms with van der Waals surface area (Å²) in [7, 11) is 2.14. The van der Waals surface area contributed by atoms with Gasteiger partial charge in [-0.15, -0.1) is 0 Å². The molecule has 6 heteroatoms. The van der Waals surface area contributed by atoms with E-state index in [0.29, 0.717) is 6.54 Å². The number of rotatable bonds is 4. The van der Waals surface area contributed by atoms with Crippen molar-refractivity contribution < 1.29 is 5.11 Å². The molecule has 5 rings (SSSR count). The fourth-order valence-electron chi connectivity index (χ4n) is 4.50. The van der Waals surface area contributed by atoms with Gasteiger partial charge in [-0.3, -0.25) is 4.98 Å². The van der Waals surface area contributed by atoms with E-state index in [1.807, 2.05) is 49.5 Å². The number of fused-ring (bicyclic) bond motifs is 3. The summed E-state index contributed by atoms with van der Waals surface area (Å²) in [6, 6.07) is 13.9. The van der Waals surface area contributed by atoms with Crippen molar-refractivity contribution in [3.05, 3.63) is 76.7 Å². The van der Waals surface area contributed by atoms with E-state index < -0.39 is 5.60 Å². The first kappa shape index (κ1) is 19.4. The van der Waals surface area contributed by atoms with Crippen LogP contribution >= 0.6 is 11.6 Å². The minimum Gasteiger partial charge on any atom is -0.384 e. The molecule has 5 nitrogen and oxygen atoms in total. The predicted octanol–water partition coefficient (Wildman–Crippen LogP) is 4.58. The zero-order chi connectivity index (χ0) is 20.9. The van der Waals surface area contributed by atoms with E-state index >= 15 is 0 Å². The Balaban J connectivity index is 1.53. The predicted molar refractivity (Wildman–Crippen MR) is 121 cm³/mol. The highest BCUT2D eigenvalue weighted by molar-refractivity contribution is 6.31. The highest BCUT2D eigenvalue weighted by Crippen LogP contribution is 2.35. The zero-order valence-electron chi connectivity index (χ0n) is 17.2. The number of nitrogens with one attached hydrogen (secondary N) is 1. The van der Waals surface area contributed by atoms with E-state index in [2.05, 4.69) is 32.5 Å². The standard InChI is InChI=1S/C24H25ClN4O/c1-24(30,16-5-7-21(27-13-16)20-4-3-10-26-20)15-29-22-8-6-17(25)12-18(22)19-14-28(2)11-9-23(19)29/h3-8,10,12-13,26,30H,9,11,14-15H2,1-2H3. The monoisotopic (exact) mass is 420 g/mol. The molecular formula is C24H25ClN4O. The molecule has 1 unspecified atom stereocenters. The van der Waals surface area contributed by atoms with Gasteiger partial charge in [0.25, 0.3) is 0 Å². The van der Waals surface area contributed by atoms with Crippen LogP contribution in [0.5, 0.6) is 0 Å². The zero-order valence-corrected chi connectivity index (χ0v) is 17.9. The van der Waals surface area contributed by atoms with Gasteiger partial charge in [0.2, 0.25) is 0 Å². The van der Waals surface area contributed by atoms with E-state index in [9.17, 15) is 5.11 Å². The number of H-pyrrole nitrogens is 1. The van der Waals surface area contributed by atoms with Crippen LogP contribution in [0.2, 0.25) is 5.02 Å². The Morgan fingerprint density at radius 2 is 2.10 bits per heavy atom. The SMILES string of the molecule is CN1CCc2c(c3cc(Cl)ccc3n2CC(C)(O)c2ccc(-c3ccc[nH]3)nc2)C1. The van der Waals surface area contributed by atoms with Gasteiger partial charge in [0.15, 0.2) is 0 Å². The maximum atomic E-state index is 11.4. The fourth-order valence-corrected chi connectivity index (χ4v) is 4.67. The van der Waals surface area contributed by atoms with Gasteiger partial charge in [-0.1, -0.05) is 17.7 Å². The van der Waals surface area contributed by atoms with Crippen LogP contribution in [0.25, 0.3) is 22.3 Å². The third-order valence-electron chi connectivity index (χ3n) is 6.13. The van der Waals surface area contributed by atoms with Crippen LogP contribution in [0.1, 0.15) is 23.7 Å². The first-order chi connectivity index (χ1) is 14.4. The summed E-state index contributed by atoms with van der Waals surface area (Å²) in [5.74, 6) is 0. The minimum atomic E-state index is -1.05. The minimum absolute atomic E-state index is 0.466. The molecule has 0 amide bonds. The van der Waals surface area contributed by atoms with Crippen LogP contribution in [0, 0.1) is 0 Å². The summed E-state index contributed by atoms with van der Waals surface area (Å²) in [6.45, 7) is 4.23. The third kappa shape index (κ3) is 3.33. The molecule has 154 valence electrons. The maximum absolute atomic E-state index is 11.4. The van der Waals surface area contributed by atoms with Crippen LogP contribution in [0.15, 0.2) is 54.9 Å². The van der Waals surface area contributed by atoms with Gasteiger partial charge in [-0.2, -0.15) is 0 Å². The highest BCUT2D eigenvalue weighted by Gasteiger charge is 2.29. The van der Waals surface area contributed by atoms with E-state index in [-0.39, 0.29) is 0 Å². The van der Waals surface area contributed by atoms with Crippen molar-refractivity contribution in [2.24, 2.45) is 0 Å². The van der Waals surface area contributed by atoms with E-state index in [0.717, 1.165) is 47.0 Å². The largest absolute Gasteiger partial charge is 0.384 e. The van der Waals surface area contributed by atoms with Crippen molar-refractivity contribution in [2.45, 2.75) is 32.0 Å². The van der Waals surface area contributed by atoms with Gasteiger partial charge in [-0.25, -0.2) is 0 Å². The Hall–Kier alpha value is -2.60. The van der Waals surface area contributed by atoms with Crippen LogP contribution in [-0.2, 0) is 25.1 Å². The molecule has 4 aromatic rings. The summed E-state index contributed by atoms with van der Waals surface area (Å²) in [5.41, 5.74) is 5.31. The lowest BCUT2D eigenvalue weighted by molar-refractivity contribution is 0.0382. The van der Waals surface area contributed by atoms with Crippen LogP contribution < -0.4 is 0 Å². The third-order valence-corrected chi connectivity index (χ3v) is 6.37. The number of nitrogens with zero attached hydrogens (tertiary/aromatic N) is 3. The smallest absolute Gasteiger partial charge is 0.106 e. The molecule has 1 aliphatic heterocycles. The molecular weight excluding hydrogens is 396 g/mol. The summed E-state index contributed by atoms with van der Waals surface area (Å²) < 4.78 is 2.27. The lowest BCUT2D eigenvalue weighted by Gasteiger charge is -2.28. The molecule has 3 aromatic heterocycles. The van der Waals surface area contributed by atoms with Crippen molar-refractivity contribution in [3.63, 3.8) is 0 Å². The molecule has 0 saturated carbocycles. The topological polar surface area (TPSA) is 57.1 Å². The average Bonchev–Trinajstić information content (AvgIpc) is 3.36. The molecule has 4 heterocycles. The Morgan fingerprint density at radius 3 is 2.83 bits per heavy atom. The molecule has 0 radical (unpaired) electrons. The van der Waals surface area contributed by atoms with E-state index in [1.165, 1.54) is 16.6 Å². The number of aromatic nitrogens is 3. The number of hydrogen-bond acceptors (Lipinski definition) is 3. The fraction of sp³-hybridized carbons (Fsp3) is 0.292. The first-order valence-electron chi connectivity index (χ1n) is 10.2. The van der Waals surface area contributed by atoms with Gasteiger partial charge < -0.3 is 19.6 Å². The summed E-state index contributed by atoms with van der Waals surface area (Å²) >= 11 is 6.31. The van der Waals surface area contributed by atoms with Gasteiger partial charge in [0.05, 0.1) is 17.9 Å². The quantitative estimate of drug-likeness (QED) is 0.508. The Bertz CT molecular complexity index is 1190. The molecule has 0 saturated heterocycles. The van der Waals surface area contributed by atoms with Gasteiger partial charge >= 0.3 is 0 Å². The number of halogens is 1. The van der Waals surface area contributed by atoms with Gasteiger partial charge in [0.1, 0.15) is 5.60 Å². The van der Waals surface area contributed by atoms with Crippen molar-refractivity contribution >= 4 is 22.5 Å². The molecule has 1 aliphatic rings. The molecule has 0 spiro atoms. The summed E-state index contributed by atoms with van der Waals surface area (Å²) in [4.78, 5) is 10.1. The number of likely N-dealkylation sites (N-methyl/N-ethyl adjacent to an activating group) is 1. The van der Waals surface area contributed by atoms with Crippen molar-refractivity contribution in [3.8, 4) is 11.4 Å². The average molecular weight is 421 g/mol. The van der Waals surface area contributed by atoms with Gasteiger partial charge in [0, 0.05) is 59.1 Å². The maximum Gasteiger partial charge on any atom is 0.106 e. The molecule has 0 aliphatic carbocycles. The van der Waals surface area contributed by atoms with Crippen LogP contribution in [0.3, 0.4) is 0 Å². The van der Waals surface area contributed by atoms with Crippen molar-refractivity contribution in [1.29, 1.82) is 0 Å². The second kappa shape index (κ2) is 7.27. The Morgan fingerprint density at radius 1 is 1.23 bits per heavy atom. The summed E-state index contributed by atoms with van der Waals surface area (Å²) in [5, 5.41) is 13.4. The van der Waals surface area contributed by atoms with E-state index in [4.69, 9.17) is 11.6 Å². The number of pyridine rings is 1. The molecule has 1 atom stereocenters. The normalized spacial score (nSPS) is 16.5. The second-order valence-electron chi connectivity index (χ2n) is 8.45. The molecule has 0 fully saturated rings. The number of aliphatic hydroxyl groups is 1. The Kier molecular flexibility index (Phi) is 4.69. The summed E-state index contributed by atoms with van der Waals surface area (Å²) in [6.07, 6.45) is 4.61. The molecule has 30 heavy (non-hydrogen) atoms. The van der Waals surface area contributed by atoms with Crippen LogP contribution in [0.4, 0.5) is 0 Å². The highest BCUT2D eigenvalue weighted by atomic mass is 35.5. The second-order valence-corrected chi connectivity index (χ2v) is 8.89. The lowest BCUT2D eigenvalue weighted by atomic mass is 9.96. The van der Waals surface area contributed by atoms with Crippen molar-refractivity contribution in [2.75, 3.05) is 13.6 Å². The van der Waals surface area contributed by atoms with E-state index in [1.54, 1.807) is 6.20 Å². The molecule has 1 aromatic carbocycles. The molecule has 0 bridgehead atoms. The first-order valence-corrected chi connectivity index (χ1v) is 10.6. The number of benzene rings is 1. The number of hydrogen-bond donors (Lipinski definition) is 2. The van der Waals surface area contributed by atoms with Crippen LogP contribution in [-0.4, -0.2) is 38.1 Å².